The van der Waals surface area contributed by atoms with Gasteiger partial charge in [-0.25, -0.2) is 0 Å². The van der Waals surface area contributed by atoms with Crippen LogP contribution in [0, 0.1) is 11.3 Å². The van der Waals surface area contributed by atoms with E-state index >= 15 is 0 Å². The molecule has 5 nitrogen and oxygen atoms in total. The Hall–Kier alpha value is -2.61. The summed E-state index contributed by atoms with van der Waals surface area (Å²) in [6, 6.07) is 6.49. The topological polar surface area (TPSA) is 76.4 Å². The Morgan fingerprint density at radius 3 is 2.39 bits per heavy atom. The van der Waals surface area contributed by atoms with E-state index in [0.717, 1.165) is 0 Å². The molecular formula is C13H7NO4. The van der Waals surface area contributed by atoms with Gasteiger partial charge in [0.2, 0.25) is 23.1 Å². The van der Waals surface area contributed by atoms with E-state index in [-0.39, 0.29) is 41.4 Å². The highest BCUT2D eigenvalue weighted by Crippen LogP contribution is 2.31. The van der Waals surface area contributed by atoms with E-state index in [1.807, 2.05) is 6.07 Å². The summed E-state index contributed by atoms with van der Waals surface area (Å²) in [6.07, 6.45) is 0. The molecule has 0 fully saturated rings. The first-order chi connectivity index (χ1) is 8.74. The van der Waals surface area contributed by atoms with Crippen LogP contribution in [0.1, 0.15) is 26.3 Å². The molecular weight excluding hydrogens is 234 g/mol. The molecule has 88 valence electrons. The third-order valence-electron chi connectivity index (χ3n) is 2.85. The fourth-order valence-electron chi connectivity index (χ4n) is 2.07. The molecule has 1 aliphatic heterocycles. The van der Waals surface area contributed by atoms with E-state index in [4.69, 9.17) is 14.7 Å². The molecule has 1 heterocycles. The van der Waals surface area contributed by atoms with Gasteiger partial charge in [-0.15, -0.1) is 0 Å². The third-order valence-corrected chi connectivity index (χ3v) is 2.85. The summed E-state index contributed by atoms with van der Waals surface area (Å²) >= 11 is 0. The van der Waals surface area contributed by atoms with Crippen molar-refractivity contribution in [2.75, 3.05) is 13.2 Å². The molecule has 0 saturated carbocycles. The van der Waals surface area contributed by atoms with Crippen LogP contribution >= 0.6 is 0 Å². The molecule has 0 bridgehead atoms. The van der Waals surface area contributed by atoms with Crippen LogP contribution in [0.25, 0.3) is 0 Å². The maximum Gasteiger partial charge on any atom is 0.233 e. The number of rotatable bonds is 0. The highest BCUT2D eigenvalue weighted by molar-refractivity contribution is 6.26. The molecule has 0 aromatic heterocycles. The fourth-order valence-corrected chi connectivity index (χ4v) is 2.07. The molecule has 0 N–H and O–H groups in total. The maximum atomic E-state index is 12.2. The lowest BCUT2D eigenvalue weighted by molar-refractivity contribution is 0.0436. The van der Waals surface area contributed by atoms with E-state index in [2.05, 4.69) is 0 Å². The number of ether oxygens (including phenoxy) is 2. The lowest BCUT2D eigenvalue weighted by Crippen LogP contribution is -2.30. The normalized spacial score (nSPS) is 17.3. The second kappa shape index (κ2) is 3.70. The van der Waals surface area contributed by atoms with E-state index in [9.17, 15) is 9.59 Å². The second-order valence-electron chi connectivity index (χ2n) is 3.85. The SMILES string of the molecule is N#Cc1cccc2c1C(=O)C1=C(OCCO1)C2=O. The van der Waals surface area contributed by atoms with Gasteiger partial charge < -0.3 is 9.47 Å². The van der Waals surface area contributed by atoms with Crippen LogP contribution in [0.2, 0.25) is 0 Å². The molecule has 18 heavy (non-hydrogen) atoms. The Morgan fingerprint density at radius 1 is 1.06 bits per heavy atom. The van der Waals surface area contributed by atoms with Gasteiger partial charge in [0.25, 0.3) is 0 Å². The Morgan fingerprint density at radius 2 is 1.72 bits per heavy atom. The van der Waals surface area contributed by atoms with E-state index in [1.54, 1.807) is 6.07 Å². The molecule has 0 saturated heterocycles. The summed E-state index contributed by atoms with van der Waals surface area (Å²) in [4.78, 5) is 24.4. The number of carbonyl (C=O) groups is 2. The average molecular weight is 241 g/mol. The van der Waals surface area contributed by atoms with Crippen LogP contribution in [0.4, 0.5) is 0 Å². The Labute approximate surface area is 102 Å². The zero-order chi connectivity index (χ0) is 12.7. The summed E-state index contributed by atoms with van der Waals surface area (Å²) < 4.78 is 10.4. The largest absolute Gasteiger partial charge is 0.483 e. The molecule has 0 amide bonds. The van der Waals surface area contributed by atoms with Crippen molar-refractivity contribution < 1.29 is 19.1 Å². The Bertz CT molecular complexity index is 651. The van der Waals surface area contributed by atoms with E-state index in [0.29, 0.717) is 0 Å². The van der Waals surface area contributed by atoms with Gasteiger partial charge in [0, 0.05) is 5.56 Å². The van der Waals surface area contributed by atoms with Gasteiger partial charge in [-0.05, 0) is 6.07 Å². The number of ketones is 2. The van der Waals surface area contributed by atoms with Crippen molar-refractivity contribution in [2.45, 2.75) is 0 Å². The predicted molar refractivity (Wildman–Crippen MR) is 58.7 cm³/mol. The number of hydrogen-bond acceptors (Lipinski definition) is 5. The molecule has 0 spiro atoms. The Kier molecular flexibility index (Phi) is 2.17. The van der Waals surface area contributed by atoms with Crippen molar-refractivity contribution in [3.63, 3.8) is 0 Å². The summed E-state index contributed by atoms with van der Waals surface area (Å²) in [5, 5.41) is 8.99. The molecule has 0 atom stereocenters. The molecule has 0 radical (unpaired) electrons. The lowest BCUT2D eigenvalue weighted by atomic mass is 9.88. The van der Waals surface area contributed by atoms with Crippen molar-refractivity contribution in [3.05, 3.63) is 46.4 Å². The minimum Gasteiger partial charge on any atom is -0.483 e. The number of Topliss-reactive ketones (excluding diaryl/α,β-unsaturated/α-hetero) is 2. The van der Waals surface area contributed by atoms with Gasteiger partial charge in [0.1, 0.15) is 13.2 Å². The first kappa shape index (κ1) is 10.5. The van der Waals surface area contributed by atoms with Crippen LogP contribution < -0.4 is 0 Å². The predicted octanol–water partition coefficient (Wildman–Crippen LogP) is 1.20. The van der Waals surface area contributed by atoms with Crippen LogP contribution in [0.3, 0.4) is 0 Å². The van der Waals surface area contributed by atoms with Crippen molar-refractivity contribution in [1.82, 2.24) is 0 Å². The Balaban J connectivity index is 2.28. The zero-order valence-electron chi connectivity index (χ0n) is 9.23. The molecule has 2 aliphatic rings. The van der Waals surface area contributed by atoms with Gasteiger partial charge in [0.15, 0.2) is 0 Å². The molecule has 5 heteroatoms. The number of nitrogens with zero attached hydrogens (tertiary/aromatic N) is 1. The van der Waals surface area contributed by atoms with Crippen LogP contribution in [-0.2, 0) is 9.47 Å². The van der Waals surface area contributed by atoms with Gasteiger partial charge in [0.05, 0.1) is 17.2 Å². The quantitative estimate of drug-likeness (QED) is 0.682. The molecule has 0 unspecified atom stereocenters. The van der Waals surface area contributed by atoms with Crippen LogP contribution in [0.15, 0.2) is 29.7 Å². The zero-order valence-corrected chi connectivity index (χ0v) is 9.23. The minimum atomic E-state index is -0.462. The molecule has 1 aromatic rings. The van der Waals surface area contributed by atoms with E-state index < -0.39 is 11.6 Å². The monoisotopic (exact) mass is 241 g/mol. The number of carbonyl (C=O) groups excluding carboxylic acids is 2. The summed E-state index contributed by atoms with van der Waals surface area (Å²) in [7, 11) is 0. The third kappa shape index (κ3) is 1.26. The van der Waals surface area contributed by atoms with Gasteiger partial charge in [-0.1, -0.05) is 12.1 Å². The van der Waals surface area contributed by atoms with Gasteiger partial charge in [-0.2, -0.15) is 5.26 Å². The standard InChI is InChI=1S/C13H7NO4/c14-6-7-2-1-3-8-9(7)11(16)13-12(10(8)15)17-4-5-18-13/h1-3H,4-5H2. The maximum absolute atomic E-state index is 12.2. The fraction of sp³-hybridized carbons (Fsp3) is 0.154. The smallest absolute Gasteiger partial charge is 0.233 e. The number of allylic oxidation sites excluding steroid dienone is 2. The van der Waals surface area contributed by atoms with Crippen molar-refractivity contribution in [1.29, 1.82) is 5.26 Å². The number of nitriles is 1. The van der Waals surface area contributed by atoms with Crippen molar-refractivity contribution >= 4 is 11.6 Å². The second-order valence-corrected chi connectivity index (χ2v) is 3.85. The average Bonchev–Trinajstić information content (AvgIpc) is 2.44. The van der Waals surface area contributed by atoms with Crippen LogP contribution in [0.5, 0.6) is 0 Å². The van der Waals surface area contributed by atoms with Gasteiger partial charge >= 0.3 is 0 Å². The number of benzene rings is 1. The highest BCUT2D eigenvalue weighted by Gasteiger charge is 2.38. The minimum absolute atomic E-state index is 0.0474. The summed E-state index contributed by atoms with van der Waals surface area (Å²) in [6.45, 7) is 0.465. The van der Waals surface area contributed by atoms with E-state index in [1.165, 1.54) is 12.1 Å². The van der Waals surface area contributed by atoms with Crippen molar-refractivity contribution in [3.8, 4) is 6.07 Å². The number of fused-ring (bicyclic) bond motifs is 1. The first-order valence-electron chi connectivity index (χ1n) is 5.36. The van der Waals surface area contributed by atoms with Crippen molar-refractivity contribution in [2.24, 2.45) is 0 Å². The molecule has 1 aromatic carbocycles. The van der Waals surface area contributed by atoms with Crippen LogP contribution in [-0.4, -0.2) is 24.8 Å². The summed E-state index contributed by atoms with van der Waals surface area (Å²) in [5.74, 6) is -0.997. The van der Waals surface area contributed by atoms with Gasteiger partial charge in [-0.3, -0.25) is 9.59 Å². The first-order valence-corrected chi connectivity index (χ1v) is 5.36. The molecule has 3 rings (SSSR count). The number of hydrogen-bond donors (Lipinski definition) is 0. The summed E-state index contributed by atoms with van der Waals surface area (Å²) in [5.41, 5.74) is 0.476. The molecule has 1 aliphatic carbocycles. The lowest BCUT2D eigenvalue weighted by Gasteiger charge is -2.25. The highest BCUT2D eigenvalue weighted by atomic mass is 16.6.